The number of piperidine rings is 1. The maximum atomic E-state index is 13.5. The van der Waals surface area contributed by atoms with Crippen LogP contribution in [0.2, 0.25) is 0 Å². The summed E-state index contributed by atoms with van der Waals surface area (Å²) in [6.07, 6.45) is 2.86. The van der Waals surface area contributed by atoms with Crippen LogP contribution >= 0.6 is 24.0 Å². The molecular weight excluding hydrogens is 399 g/mol. The summed E-state index contributed by atoms with van der Waals surface area (Å²) in [5.74, 6) is 0.609. The molecule has 1 aromatic rings. The molecule has 6 heteroatoms. The molecular formula is C16H24F2IN3. The molecule has 0 unspecified atom stereocenters. The normalized spacial score (nSPS) is 16.4. The van der Waals surface area contributed by atoms with Crippen LogP contribution in [0.25, 0.3) is 0 Å². The Kier molecular flexibility index (Phi) is 8.06. The Balaban J connectivity index is 0.00000242. The highest BCUT2D eigenvalue weighted by molar-refractivity contribution is 14.0. The standard InChI is InChI=1S/C16H23F2N3.HI/c1-12-6-9-21(10-7-12)16(19-2)20-8-5-13-3-4-14(17)11-15(13)18;/h3-4,11-12H,5-10H2,1-2H3,(H,19,20);1H. The predicted molar refractivity (Wildman–Crippen MR) is 96.8 cm³/mol. The van der Waals surface area contributed by atoms with E-state index in [0.717, 1.165) is 31.0 Å². The minimum atomic E-state index is -0.539. The van der Waals surface area contributed by atoms with Gasteiger partial charge in [0.2, 0.25) is 0 Å². The molecule has 1 fully saturated rings. The van der Waals surface area contributed by atoms with Crippen LogP contribution in [0.3, 0.4) is 0 Å². The molecule has 0 bridgehead atoms. The van der Waals surface area contributed by atoms with E-state index < -0.39 is 11.6 Å². The number of halogens is 3. The fraction of sp³-hybridized carbons (Fsp3) is 0.562. The van der Waals surface area contributed by atoms with Crippen molar-refractivity contribution in [3.05, 3.63) is 35.4 Å². The van der Waals surface area contributed by atoms with Gasteiger partial charge in [0.05, 0.1) is 0 Å². The third-order valence-corrected chi connectivity index (χ3v) is 3.99. The summed E-state index contributed by atoms with van der Waals surface area (Å²) in [7, 11) is 1.76. The van der Waals surface area contributed by atoms with Gasteiger partial charge in [-0.15, -0.1) is 24.0 Å². The average Bonchev–Trinajstić information content (AvgIpc) is 2.47. The van der Waals surface area contributed by atoms with Crippen LogP contribution in [0.5, 0.6) is 0 Å². The molecule has 0 radical (unpaired) electrons. The molecule has 0 aromatic heterocycles. The summed E-state index contributed by atoms with van der Waals surface area (Å²) in [4.78, 5) is 6.52. The summed E-state index contributed by atoms with van der Waals surface area (Å²) >= 11 is 0. The van der Waals surface area contributed by atoms with Crippen molar-refractivity contribution in [3.8, 4) is 0 Å². The zero-order chi connectivity index (χ0) is 15.2. The highest BCUT2D eigenvalue weighted by atomic mass is 127. The van der Waals surface area contributed by atoms with Gasteiger partial charge in [0.15, 0.2) is 5.96 Å². The first kappa shape index (κ1) is 19.1. The van der Waals surface area contributed by atoms with E-state index in [1.54, 1.807) is 7.05 Å². The average molecular weight is 423 g/mol. The van der Waals surface area contributed by atoms with Crippen molar-refractivity contribution in [2.24, 2.45) is 10.9 Å². The molecule has 0 amide bonds. The minimum absolute atomic E-state index is 0. The van der Waals surface area contributed by atoms with Gasteiger partial charge in [-0.3, -0.25) is 4.99 Å². The van der Waals surface area contributed by atoms with Gasteiger partial charge in [0.25, 0.3) is 0 Å². The van der Waals surface area contributed by atoms with Crippen molar-refractivity contribution in [1.29, 1.82) is 0 Å². The Hall–Kier alpha value is -0.920. The Morgan fingerprint density at radius 3 is 2.59 bits per heavy atom. The summed E-state index contributed by atoms with van der Waals surface area (Å²) in [6.45, 7) is 4.86. The highest BCUT2D eigenvalue weighted by Crippen LogP contribution is 2.16. The topological polar surface area (TPSA) is 27.6 Å². The molecule has 0 spiro atoms. The fourth-order valence-electron chi connectivity index (χ4n) is 2.59. The Morgan fingerprint density at radius 1 is 1.32 bits per heavy atom. The van der Waals surface area contributed by atoms with E-state index >= 15 is 0 Å². The molecule has 1 aliphatic rings. The van der Waals surface area contributed by atoms with Crippen LogP contribution < -0.4 is 5.32 Å². The zero-order valence-electron chi connectivity index (χ0n) is 13.1. The van der Waals surface area contributed by atoms with E-state index in [2.05, 4.69) is 22.1 Å². The van der Waals surface area contributed by atoms with Crippen LogP contribution in [0, 0.1) is 17.6 Å². The Bertz CT molecular complexity index is 500. The molecule has 3 nitrogen and oxygen atoms in total. The van der Waals surface area contributed by atoms with Gasteiger partial charge in [-0.2, -0.15) is 0 Å². The van der Waals surface area contributed by atoms with Crippen molar-refractivity contribution in [1.82, 2.24) is 10.2 Å². The molecule has 1 saturated heterocycles. The van der Waals surface area contributed by atoms with Gasteiger partial charge in [0.1, 0.15) is 11.6 Å². The van der Waals surface area contributed by atoms with Crippen LogP contribution in [-0.4, -0.2) is 37.5 Å². The van der Waals surface area contributed by atoms with Gasteiger partial charge in [-0.25, -0.2) is 8.78 Å². The van der Waals surface area contributed by atoms with Crippen molar-refractivity contribution in [2.75, 3.05) is 26.7 Å². The first-order chi connectivity index (χ1) is 10.1. The molecule has 1 aliphatic heterocycles. The largest absolute Gasteiger partial charge is 0.356 e. The Morgan fingerprint density at radius 2 is 2.00 bits per heavy atom. The lowest BCUT2D eigenvalue weighted by Gasteiger charge is -2.32. The van der Waals surface area contributed by atoms with E-state index in [1.165, 1.54) is 25.0 Å². The molecule has 1 aromatic carbocycles. The first-order valence-corrected chi connectivity index (χ1v) is 7.49. The third kappa shape index (κ3) is 5.37. The third-order valence-electron chi connectivity index (χ3n) is 3.99. The molecule has 124 valence electrons. The zero-order valence-corrected chi connectivity index (χ0v) is 15.4. The lowest BCUT2D eigenvalue weighted by atomic mass is 9.99. The number of nitrogens with one attached hydrogen (secondary N) is 1. The number of guanidine groups is 1. The number of likely N-dealkylation sites (tertiary alicyclic amines) is 1. The SMILES string of the molecule is CN=C(NCCc1ccc(F)cc1F)N1CCC(C)CC1.I. The second-order valence-electron chi connectivity index (χ2n) is 5.63. The van der Waals surface area contributed by atoms with Gasteiger partial charge in [-0.05, 0) is 36.8 Å². The van der Waals surface area contributed by atoms with E-state index in [4.69, 9.17) is 0 Å². The lowest BCUT2D eigenvalue weighted by Crippen LogP contribution is -2.45. The molecule has 0 atom stereocenters. The van der Waals surface area contributed by atoms with E-state index in [9.17, 15) is 8.78 Å². The van der Waals surface area contributed by atoms with Crippen LogP contribution in [-0.2, 0) is 6.42 Å². The number of hydrogen-bond donors (Lipinski definition) is 1. The van der Waals surface area contributed by atoms with Gasteiger partial charge in [0, 0.05) is 32.7 Å². The second kappa shape index (κ2) is 9.27. The van der Waals surface area contributed by atoms with Gasteiger partial charge in [-0.1, -0.05) is 13.0 Å². The second-order valence-corrected chi connectivity index (χ2v) is 5.63. The highest BCUT2D eigenvalue weighted by Gasteiger charge is 2.18. The van der Waals surface area contributed by atoms with E-state index in [0.29, 0.717) is 18.5 Å². The Labute approximate surface area is 148 Å². The maximum Gasteiger partial charge on any atom is 0.193 e. The monoisotopic (exact) mass is 423 g/mol. The molecule has 1 N–H and O–H groups in total. The van der Waals surface area contributed by atoms with Crippen LogP contribution in [0.4, 0.5) is 8.78 Å². The maximum absolute atomic E-state index is 13.5. The van der Waals surface area contributed by atoms with Gasteiger partial charge >= 0.3 is 0 Å². The predicted octanol–water partition coefficient (Wildman–Crippen LogP) is 3.43. The van der Waals surface area contributed by atoms with E-state index in [-0.39, 0.29) is 24.0 Å². The lowest BCUT2D eigenvalue weighted by molar-refractivity contribution is 0.273. The first-order valence-electron chi connectivity index (χ1n) is 7.49. The molecule has 0 saturated carbocycles. The fourth-order valence-corrected chi connectivity index (χ4v) is 2.59. The minimum Gasteiger partial charge on any atom is -0.356 e. The van der Waals surface area contributed by atoms with Crippen LogP contribution in [0.1, 0.15) is 25.3 Å². The summed E-state index contributed by atoms with van der Waals surface area (Å²) in [5, 5.41) is 3.26. The quantitative estimate of drug-likeness (QED) is 0.459. The number of aliphatic imine (C=N–C) groups is 1. The number of nitrogens with zero attached hydrogens (tertiary/aromatic N) is 2. The molecule has 1 heterocycles. The van der Waals surface area contributed by atoms with Crippen molar-refractivity contribution >= 4 is 29.9 Å². The number of hydrogen-bond acceptors (Lipinski definition) is 1. The smallest absolute Gasteiger partial charge is 0.193 e. The van der Waals surface area contributed by atoms with Crippen LogP contribution in [0.15, 0.2) is 23.2 Å². The van der Waals surface area contributed by atoms with E-state index in [1.807, 2.05) is 0 Å². The van der Waals surface area contributed by atoms with Crippen molar-refractivity contribution < 1.29 is 8.78 Å². The summed E-state index contributed by atoms with van der Waals surface area (Å²) in [6, 6.07) is 3.72. The molecule has 22 heavy (non-hydrogen) atoms. The number of rotatable bonds is 3. The number of benzene rings is 1. The summed E-state index contributed by atoms with van der Waals surface area (Å²) < 4.78 is 26.4. The molecule has 2 rings (SSSR count). The van der Waals surface area contributed by atoms with Crippen molar-refractivity contribution in [2.45, 2.75) is 26.2 Å². The van der Waals surface area contributed by atoms with Crippen molar-refractivity contribution in [3.63, 3.8) is 0 Å². The van der Waals surface area contributed by atoms with Gasteiger partial charge < -0.3 is 10.2 Å². The molecule has 0 aliphatic carbocycles. The summed E-state index contributed by atoms with van der Waals surface area (Å²) in [5.41, 5.74) is 0.520.